The van der Waals surface area contributed by atoms with E-state index in [4.69, 9.17) is 11.6 Å². The van der Waals surface area contributed by atoms with Gasteiger partial charge in [-0.05, 0) is 61.4 Å². The molecule has 3 amide bonds. The minimum atomic E-state index is -0.826. The van der Waals surface area contributed by atoms with Crippen LogP contribution in [-0.4, -0.2) is 45.6 Å². The van der Waals surface area contributed by atoms with Gasteiger partial charge in [0.2, 0.25) is 18.2 Å². The van der Waals surface area contributed by atoms with E-state index in [9.17, 15) is 19.6 Å². The molecule has 2 rings (SSSR count). The summed E-state index contributed by atoms with van der Waals surface area (Å²) in [6.45, 7) is 7.43. The molecule has 8 nitrogen and oxygen atoms in total. The summed E-state index contributed by atoms with van der Waals surface area (Å²) in [5.41, 5.74) is 1.19. The first-order chi connectivity index (χ1) is 16.5. The van der Waals surface area contributed by atoms with Gasteiger partial charge < -0.3 is 10.6 Å². The molecule has 0 saturated heterocycles. The predicted molar refractivity (Wildman–Crippen MR) is 135 cm³/mol. The number of amides is 3. The van der Waals surface area contributed by atoms with Gasteiger partial charge in [0.25, 0.3) is 0 Å². The molecule has 35 heavy (non-hydrogen) atoms. The van der Waals surface area contributed by atoms with Gasteiger partial charge in [-0.15, -0.1) is 0 Å². The second kappa shape index (κ2) is 13.2. The summed E-state index contributed by atoms with van der Waals surface area (Å²) in [6.07, 6.45) is 3.68. The Morgan fingerprint density at radius 3 is 2.40 bits per heavy atom. The van der Waals surface area contributed by atoms with Crippen LogP contribution in [0.5, 0.6) is 0 Å². The minimum absolute atomic E-state index is 0.235. The molecule has 1 aromatic heterocycles. The molecule has 0 spiro atoms. The summed E-state index contributed by atoms with van der Waals surface area (Å²) >= 11 is 5.94. The maximum atomic E-state index is 13.4. The van der Waals surface area contributed by atoms with Crippen LogP contribution < -0.4 is 10.6 Å². The van der Waals surface area contributed by atoms with Crippen LogP contribution in [0, 0.1) is 11.3 Å². The molecule has 0 unspecified atom stereocenters. The van der Waals surface area contributed by atoms with Crippen LogP contribution in [0.3, 0.4) is 0 Å². The van der Waals surface area contributed by atoms with Crippen LogP contribution in [0.4, 0.5) is 0 Å². The lowest BCUT2D eigenvalue weighted by molar-refractivity contribution is -0.166. The van der Waals surface area contributed by atoms with Crippen molar-refractivity contribution < 1.29 is 19.6 Å². The Morgan fingerprint density at radius 2 is 1.83 bits per heavy atom. The summed E-state index contributed by atoms with van der Waals surface area (Å²) < 4.78 is 0. The third kappa shape index (κ3) is 8.96. The molecule has 3 atom stereocenters. The minimum Gasteiger partial charge on any atom is -0.349 e. The lowest BCUT2D eigenvalue weighted by Crippen LogP contribution is -2.56. The summed E-state index contributed by atoms with van der Waals surface area (Å²) in [4.78, 5) is 41.8. The lowest BCUT2D eigenvalue weighted by Gasteiger charge is -2.33. The second-order valence-corrected chi connectivity index (χ2v) is 10.1. The predicted octanol–water partition coefficient (Wildman–Crippen LogP) is 3.76. The number of aryl methyl sites for hydroxylation is 1. The zero-order chi connectivity index (χ0) is 26.0. The zero-order valence-electron chi connectivity index (χ0n) is 20.7. The molecule has 190 valence electrons. The first kappa shape index (κ1) is 28.3. The Labute approximate surface area is 212 Å². The van der Waals surface area contributed by atoms with Gasteiger partial charge in [-0.25, -0.2) is 5.06 Å². The smallest absolute Gasteiger partial charge is 0.243 e. The fraction of sp³-hybridized carbons (Fsp3) is 0.462. The van der Waals surface area contributed by atoms with Gasteiger partial charge in [0.05, 0.1) is 24.2 Å². The van der Waals surface area contributed by atoms with E-state index in [0.717, 1.165) is 5.56 Å². The van der Waals surface area contributed by atoms with Gasteiger partial charge in [-0.2, -0.15) is 0 Å². The van der Waals surface area contributed by atoms with E-state index in [-0.39, 0.29) is 18.9 Å². The van der Waals surface area contributed by atoms with Gasteiger partial charge in [0.1, 0.15) is 6.04 Å². The van der Waals surface area contributed by atoms with E-state index < -0.39 is 29.3 Å². The fourth-order valence-corrected chi connectivity index (χ4v) is 3.88. The average Bonchev–Trinajstić information content (AvgIpc) is 2.83. The van der Waals surface area contributed by atoms with Crippen molar-refractivity contribution in [2.75, 3.05) is 0 Å². The number of hydrogen-bond donors (Lipinski definition) is 3. The number of benzene rings is 1. The van der Waals surface area contributed by atoms with Gasteiger partial charge in [0.15, 0.2) is 0 Å². The Balaban J connectivity index is 2.10. The number of rotatable bonds is 12. The zero-order valence-corrected chi connectivity index (χ0v) is 21.5. The molecular weight excluding hydrogens is 468 g/mol. The standard InChI is InChI=1S/C26H35ClN4O4/c1-18(31(35)17-32)22(10-7-8-19-11-13-20(27)14-12-19)24(33)30-23(26(2,3)4)25(34)29-16-21-9-5-6-15-28-21/h5-6,9,11-15,17-18,22-23,35H,7-8,10,16H2,1-4H3,(H,29,34)(H,30,33)/t18-,22+,23+/m0/s1. The molecule has 0 fully saturated rings. The quantitative estimate of drug-likeness (QED) is 0.232. The van der Waals surface area contributed by atoms with E-state index in [1.54, 1.807) is 25.3 Å². The van der Waals surface area contributed by atoms with Crippen LogP contribution >= 0.6 is 11.6 Å². The van der Waals surface area contributed by atoms with Crippen molar-refractivity contribution in [1.82, 2.24) is 20.7 Å². The van der Waals surface area contributed by atoms with Crippen LogP contribution in [0.25, 0.3) is 0 Å². The number of aromatic nitrogens is 1. The lowest BCUT2D eigenvalue weighted by atomic mass is 9.84. The van der Waals surface area contributed by atoms with Crippen molar-refractivity contribution in [1.29, 1.82) is 0 Å². The third-order valence-electron chi connectivity index (χ3n) is 5.92. The molecular formula is C26H35ClN4O4. The maximum Gasteiger partial charge on any atom is 0.243 e. The SMILES string of the molecule is C[C@@H]([C@@H](CCCc1ccc(Cl)cc1)C(=O)N[C@H](C(=O)NCc1ccccn1)C(C)(C)C)N(O)C=O. The highest BCUT2D eigenvalue weighted by atomic mass is 35.5. The molecule has 0 aliphatic heterocycles. The van der Waals surface area contributed by atoms with E-state index in [0.29, 0.717) is 35.0 Å². The van der Waals surface area contributed by atoms with Crippen molar-refractivity contribution in [3.05, 3.63) is 64.9 Å². The van der Waals surface area contributed by atoms with E-state index >= 15 is 0 Å². The number of hydroxylamine groups is 2. The Hall–Kier alpha value is -2.97. The van der Waals surface area contributed by atoms with Gasteiger partial charge >= 0.3 is 0 Å². The van der Waals surface area contributed by atoms with Crippen molar-refractivity contribution in [2.45, 2.75) is 65.6 Å². The molecule has 3 N–H and O–H groups in total. The molecule has 0 radical (unpaired) electrons. The van der Waals surface area contributed by atoms with Crippen molar-refractivity contribution >= 4 is 29.8 Å². The van der Waals surface area contributed by atoms with Crippen molar-refractivity contribution in [2.24, 2.45) is 11.3 Å². The molecule has 0 aliphatic carbocycles. The highest BCUT2D eigenvalue weighted by Crippen LogP contribution is 2.23. The molecule has 1 aromatic carbocycles. The number of halogens is 1. The Morgan fingerprint density at radius 1 is 1.14 bits per heavy atom. The monoisotopic (exact) mass is 502 g/mol. The Bertz CT molecular complexity index is 964. The number of nitrogens with zero attached hydrogens (tertiary/aromatic N) is 2. The number of nitrogens with one attached hydrogen (secondary N) is 2. The van der Waals surface area contributed by atoms with Crippen molar-refractivity contribution in [3.63, 3.8) is 0 Å². The summed E-state index contributed by atoms with van der Waals surface area (Å²) in [5, 5.41) is 16.8. The molecule has 0 saturated carbocycles. The van der Waals surface area contributed by atoms with Crippen LogP contribution in [0.2, 0.25) is 5.02 Å². The topological polar surface area (TPSA) is 112 Å². The molecule has 0 bridgehead atoms. The van der Waals surface area contributed by atoms with Gasteiger partial charge in [-0.1, -0.05) is 50.6 Å². The van der Waals surface area contributed by atoms with Crippen LogP contribution in [-0.2, 0) is 27.3 Å². The molecule has 1 heterocycles. The third-order valence-corrected chi connectivity index (χ3v) is 6.17. The number of pyridine rings is 1. The number of hydrogen-bond acceptors (Lipinski definition) is 5. The summed E-state index contributed by atoms with van der Waals surface area (Å²) in [7, 11) is 0. The highest BCUT2D eigenvalue weighted by molar-refractivity contribution is 6.30. The highest BCUT2D eigenvalue weighted by Gasteiger charge is 2.36. The van der Waals surface area contributed by atoms with Crippen LogP contribution in [0.1, 0.15) is 51.8 Å². The second-order valence-electron chi connectivity index (χ2n) is 9.70. The molecule has 9 heteroatoms. The number of carbonyl (C=O) groups excluding carboxylic acids is 3. The normalized spacial score (nSPS) is 13.9. The summed E-state index contributed by atoms with van der Waals surface area (Å²) in [5.74, 6) is -1.45. The molecule has 0 aliphatic rings. The van der Waals surface area contributed by atoms with Crippen LogP contribution in [0.15, 0.2) is 48.7 Å². The molecule has 2 aromatic rings. The first-order valence-electron chi connectivity index (χ1n) is 11.7. The van der Waals surface area contributed by atoms with E-state index in [2.05, 4.69) is 15.6 Å². The fourth-order valence-electron chi connectivity index (χ4n) is 3.76. The largest absolute Gasteiger partial charge is 0.349 e. The van der Waals surface area contributed by atoms with Crippen molar-refractivity contribution in [3.8, 4) is 0 Å². The number of carbonyl (C=O) groups is 3. The van der Waals surface area contributed by atoms with Gasteiger partial charge in [-0.3, -0.25) is 24.6 Å². The average molecular weight is 503 g/mol. The van der Waals surface area contributed by atoms with E-state index in [1.807, 2.05) is 51.1 Å². The van der Waals surface area contributed by atoms with Gasteiger partial charge in [0, 0.05) is 11.2 Å². The Kier molecular flexibility index (Phi) is 10.7. The first-order valence-corrected chi connectivity index (χ1v) is 12.1. The van der Waals surface area contributed by atoms with E-state index in [1.165, 1.54) is 0 Å². The summed E-state index contributed by atoms with van der Waals surface area (Å²) in [6, 6.07) is 11.3. The maximum absolute atomic E-state index is 13.4.